The summed E-state index contributed by atoms with van der Waals surface area (Å²) in [5.41, 5.74) is 7.55. The zero-order valence-electron chi connectivity index (χ0n) is 10.4. The molecule has 0 unspecified atom stereocenters. The molecule has 1 aromatic carbocycles. The maximum Gasteiger partial charge on any atom is 0.123 e. The summed E-state index contributed by atoms with van der Waals surface area (Å²) in [6, 6.07) is 5.66. The standard InChI is InChI=1S/C14H21NO2/c1-3-5-12-11-13(15)6-7-14(12)17-10-9-16-8-4-2/h3,6-7,11H,1,4-5,8-10,15H2,2H3. The van der Waals surface area contributed by atoms with Crippen molar-refractivity contribution in [1.29, 1.82) is 0 Å². The highest BCUT2D eigenvalue weighted by Gasteiger charge is 2.02. The van der Waals surface area contributed by atoms with Gasteiger partial charge in [0.25, 0.3) is 0 Å². The van der Waals surface area contributed by atoms with E-state index in [1.54, 1.807) is 0 Å². The maximum absolute atomic E-state index is 5.74. The van der Waals surface area contributed by atoms with Crippen LogP contribution in [-0.2, 0) is 11.2 Å². The smallest absolute Gasteiger partial charge is 0.123 e. The third kappa shape index (κ3) is 4.91. The highest BCUT2D eigenvalue weighted by Crippen LogP contribution is 2.22. The Hall–Kier alpha value is -1.48. The van der Waals surface area contributed by atoms with Crippen molar-refractivity contribution in [2.45, 2.75) is 19.8 Å². The van der Waals surface area contributed by atoms with Crippen LogP contribution < -0.4 is 10.5 Å². The molecule has 1 aromatic rings. The van der Waals surface area contributed by atoms with E-state index in [1.165, 1.54) is 0 Å². The largest absolute Gasteiger partial charge is 0.491 e. The Morgan fingerprint density at radius 2 is 2.12 bits per heavy atom. The number of allylic oxidation sites excluding steroid dienone is 1. The molecule has 0 aromatic heterocycles. The molecule has 0 fully saturated rings. The molecule has 3 heteroatoms. The fraction of sp³-hybridized carbons (Fsp3) is 0.429. The number of ether oxygens (including phenoxy) is 2. The van der Waals surface area contributed by atoms with Crippen LogP contribution >= 0.6 is 0 Å². The van der Waals surface area contributed by atoms with Crippen LogP contribution in [0.3, 0.4) is 0 Å². The summed E-state index contributed by atoms with van der Waals surface area (Å²) in [5, 5.41) is 0. The minimum atomic E-state index is 0.564. The van der Waals surface area contributed by atoms with E-state index >= 15 is 0 Å². The molecule has 17 heavy (non-hydrogen) atoms. The van der Waals surface area contributed by atoms with Crippen molar-refractivity contribution in [3.63, 3.8) is 0 Å². The molecule has 0 spiro atoms. The third-order valence-electron chi connectivity index (χ3n) is 2.28. The Morgan fingerprint density at radius 1 is 1.29 bits per heavy atom. The Kier molecular flexibility index (Phi) is 6.18. The zero-order chi connectivity index (χ0) is 12.5. The van der Waals surface area contributed by atoms with Crippen LogP contribution in [0.5, 0.6) is 5.75 Å². The summed E-state index contributed by atoms with van der Waals surface area (Å²) in [6.45, 7) is 7.78. The first-order valence-electron chi connectivity index (χ1n) is 5.97. The highest BCUT2D eigenvalue weighted by atomic mass is 16.5. The topological polar surface area (TPSA) is 44.5 Å². The van der Waals surface area contributed by atoms with E-state index in [4.69, 9.17) is 15.2 Å². The first kappa shape index (κ1) is 13.6. The SMILES string of the molecule is C=CCc1cc(N)ccc1OCCOCCC. The molecule has 0 amide bonds. The molecule has 0 aliphatic heterocycles. The zero-order valence-corrected chi connectivity index (χ0v) is 10.4. The number of rotatable bonds is 8. The molecule has 0 atom stereocenters. The van der Waals surface area contributed by atoms with Gasteiger partial charge in [0.15, 0.2) is 0 Å². The lowest BCUT2D eigenvalue weighted by molar-refractivity contribution is 0.100. The van der Waals surface area contributed by atoms with Gasteiger partial charge < -0.3 is 15.2 Å². The second-order valence-electron chi connectivity index (χ2n) is 3.82. The molecule has 0 bridgehead atoms. The van der Waals surface area contributed by atoms with Crippen LogP contribution in [-0.4, -0.2) is 19.8 Å². The van der Waals surface area contributed by atoms with Gasteiger partial charge in [0, 0.05) is 12.3 Å². The molecule has 0 heterocycles. The second-order valence-corrected chi connectivity index (χ2v) is 3.82. The lowest BCUT2D eigenvalue weighted by Crippen LogP contribution is -2.08. The number of nitrogen functional groups attached to an aromatic ring is 1. The second kappa shape index (κ2) is 7.74. The van der Waals surface area contributed by atoms with Crippen molar-refractivity contribution in [2.24, 2.45) is 0 Å². The average molecular weight is 235 g/mol. The van der Waals surface area contributed by atoms with Crippen LogP contribution in [0.1, 0.15) is 18.9 Å². The van der Waals surface area contributed by atoms with Crippen LogP contribution in [0, 0.1) is 0 Å². The Bertz CT molecular complexity index is 350. The summed E-state index contributed by atoms with van der Waals surface area (Å²) in [4.78, 5) is 0. The van der Waals surface area contributed by atoms with Crippen LogP contribution in [0.4, 0.5) is 5.69 Å². The van der Waals surface area contributed by atoms with Crippen molar-refractivity contribution in [2.75, 3.05) is 25.6 Å². The van der Waals surface area contributed by atoms with E-state index < -0.39 is 0 Å². The van der Waals surface area contributed by atoms with Gasteiger partial charge in [-0.25, -0.2) is 0 Å². The molecular formula is C14H21NO2. The molecule has 2 N–H and O–H groups in total. The van der Waals surface area contributed by atoms with Gasteiger partial charge in [0.2, 0.25) is 0 Å². The Labute approximate surface area is 103 Å². The number of hydrogen-bond donors (Lipinski definition) is 1. The quantitative estimate of drug-likeness (QED) is 0.428. The van der Waals surface area contributed by atoms with Gasteiger partial charge in [0.05, 0.1) is 6.61 Å². The number of nitrogens with two attached hydrogens (primary N) is 1. The van der Waals surface area contributed by atoms with Crippen molar-refractivity contribution < 1.29 is 9.47 Å². The normalized spacial score (nSPS) is 10.2. The monoisotopic (exact) mass is 235 g/mol. The van der Waals surface area contributed by atoms with Gasteiger partial charge in [-0.1, -0.05) is 13.0 Å². The predicted molar refractivity (Wildman–Crippen MR) is 71.4 cm³/mol. The van der Waals surface area contributed by atoms with E-state index in [0.29, 0.717) is 13.2 Å². The molecule has 1 rings (SSSR count). The first-order chi connectivity index (χ1) is 8.27. The highest BCUT2D eigenvalue weighted by molar-refractivity contribution is 5.48. The Balaban J connectivity index is 2.48. The van der Waals surface area contributed by atoms with Crippen LogP contribution in [0.15, 0.2) is 30.9 Å². The van der Waals surface area contributed by atoms with Gasteiger partial charge >= 0.3 is 0 Å². The van der Waals surface area contributed by atoms with Crippen molar-refractivity contribution >= 4 is 5.69 Å². The number of benzene rings is 1. The molecule has 94 valence electrons. The maximum atomic E-state index is 5.74. The van der Waals surface area contributed by atoms with Crippen molar-refractivity contribution in [1.82, 2.24) is 0 Å². The number of hydrogen-bond acceptors (Lipinski definition) is 3. The summed E-state index contributed by atoms with van der Waals surface area (Å²) >= 11 is 0. The van der Waals surface area contributed by atoms with Crippen LogP contribution in [0.25, 0.3) is 0 Å². The summed E-state index contributed by atoms with van der Waals surface area (Å²) in [7, 11) is 0. The lowest BCUT2D eigenvalue weighted by atomic mass is 10.1. The first-order valence-corrected chi connectivity index (χ1v) is 5.97. The minimum Gasteiger partial charge on any atom is -0.491 e. The van der Waals surface area contributed by atoms with E-state index in [9.17, 15) is 0 Å². The van der Waals surface area contributed by atoms with E-state index in [0.717, 1.165) is 36.4 Å². The average Bonchev–Trinajstić information content (AvgIpc) is 2.32. The molecule has 0 saturated carbocycles. The van der Waals surface area contributed by atoms with Gasteiger partial charge in [-0.05, 0) is 36.6 Å². The predicted octanol–water partition coefficient (Wildman–Crippen LogP) is 2.80. The molecule has 3 nitrogen and oxygen atoms in total. The molecule has 0 radical (unpaired) electrons. The molecule has 0 aliphatic carbocycles. The number of anilines is 1. The summed E-state index contributed by atoms with van der Waals surface area (Å²) < 4.78 is 11.0. The van der Waals surface area contributed by atoms with E-state index in [-0.39, 0.29) is 0 Å². The van der Waals surface area contributed by atoms with Crippen molar-refractivity contribution in [3.05, 3.63) is 36.4 Å². The van der Waals surface area contributed by atoms with Crippen molar-refractivity contribution in [3.8, 4) is 5.75 Å². The molecule has 0 saturated heterocycles. The summed E-state index contributed by atoms with van der Waals surface area (Å²) in [6.07, 6.45) is 3.63. The van der Waals surface area contributed by atoms with Crippen LogP contribution in [0.2, 0.25) is 0 Å². The van der Waals surface area contributed by atoms with Gasteiger partial charge in [0.1, 0.15) is 12.4 Å². The molecule has 0 aliphatic rings. The fourth-order valence-electron chi connectivity index (χ4n) is 1.51. The minimum absolute atomic E-state index is 0.564. The summed E-state index contributed by atoms with van der Waals surface area (Å²) in [5.74, 6) is 0.860. The lowest BCUT2D eigenvalue weighted by Gasteiger charge is -2.11. The van der Waals surface area contributed by atoms with E-state index in [1.807, 2.05) is 24.3 Å². The molecular weight excluding hydrogens is 214 g/mol. The third-order valence-corrected chi connectivity index (χ3v) is 2.28. The van der Waals surface area contributed by atoms with Gasteiger partial charge in [-0.15, -0.1) is 6.58 Å². The fourth-order valence-corrected chi connectivity index (χ4v) is 1.51. The van der Waals surface area contributed by atoms with Gasteiger partial charge in [-0.2, -0.15) is 0 Å². The van der Waals surface area contributed by atoms with Gasteiger partial charge in [-0.3, -0.25) is 0 Å². The Morgan fingerprint density at radius 3 is 2.82 bits per heavy atom. The van der Waals surface area contributed by atoms with E-state index in [2.05, 4.69) is 13.5 Å².